The molecular weight excluding hydrogens is 260 g/mol. The molecule has 2 atom stereocenters. The summed E-state index contributed by atoms with van der Waals surface area (Å²) in [6.45, 7) is 0. The molecule has 2 aliphatic rings. The number of halogens is 1. The smallest absolute Gasteiger partial charge is 0.148 e. The molecule has 1 N–H and O–H groups in total. The van der Waals surface area contributed by atoms with E-state index in [1.54, 1.807) is 12.3 Å². The number of nitrogens with one attached hydrogen (secondary N) is 1. The van der Waals surface area contributed by atoms with E-state index in [4.69, 9.17) is 16.9 Å². The number of nitrogens with zero attached hydrogens (tertiary/aromatic N) is 3. The van der Waals surface area contributed by atoms with Crippen LogP contribution in [0.1, 0.15) is 31.2 Å². The molecule has 2 fully saturated rings. The van der Waals surface area contributed by atoms with Gasteiger partial charge in [0.1, 0.15) is 16.9 Å². The van der Waals surface area contributed by atoms with Crippen molar-refractivity contribution in [3.05, 3.63) is 22.8 Å². The van der Waals surface area contributed by atoms with Crippen LogP contribution in [0.3, 0.4) is 0 Å². The highest BCUT2D eigenvalue weighted by Crippen LogP contribution is 2.33. The largest absolute Gasteiger partial charge is 0.355 e. The molecule has 0 amide bonds. The normalized spacial score (nSPS) is 29.0. The number of hydrogen-bond acceptors (Lipinski definition) is 4. The number of anilines is 1. The third-order valence-corrected chi connectivity index (χ3v) is 4.69. The number of hydrogen-bond donors (Lipinski definition) is 1. The van der Waals surface area contributed by atoms with E-state index in [1.165, 1.54) is 12.8 Å². The summed E-state index contributed by atoms with van der Waals surface area (Å²) in [6.07, 6.45) is 6.46. The number of aromatic nitrogens is 1. The van der Waals surface area contributed by atoms with Gasteiger partial charge in [-0.25, -0.2) is 4.98 Å². The van der Waals surface area contributed by atoms with Gasteiger partial charge in [0.25, 0.3) is 0 Å². The van der Waals surface area contributed by atoms with E-state index in [2.05, 4.69) is 21.3 Å². The van der Waals surface area contributed by atoms with Crippen molar-refractivity contribution in [2.45, 2.75) is 43.8 Å². The van der Waals surface area contributed by atoms with Crippen molar-refractivity contribution in [2.75, 3.05) is 11.9 Å². The van der Waals surface area contributed by atoms with Crippen molar-refractivity contribution in [2.24, 2.45) is 0 Å². The van der Waals surface area contributed by atoms with Crippen LogP contribution >= 0.6 is 11.6 Å². The molecule has 1 aromatic rings. The van der Waals surface area contributed by atoms with Crippen molar-refractivity contribution in [1.29, 1.82) is 5.26 Å². The summed E-state index contributed by atoms with van der Waals surface area (Å²) < 4.78 is 0. The molecule has 0 aromatic carbocycles. The zero-order valence-corrected chi connectivity index (χ0v) is 11.7. The molecule has 3 rings (SSSR count). The van der Waals surface area contributed by atoms with Crippen LogP contribution in [0, 0.1) is 11.3 Å². The molecular formula is C14H17ClN4. The number of nitriles is 1. The van der Waals surface area contributed by atoms with Crippen molar-refractivity contribution < 1.29 is 0 Å². The third-order valence-electron chi connectivity index (χ3n) is 4.32. The molecule has 2 unspecified atom stereocenters. The highest BCUT2D eigenvalue weighted by molar-refractivity contribution is 6.34. The summed E-state index contributed by atoms with van der Waals surface area (Å²) in [5, 5.41) is 13.1. The molecule has 1 aromatic heterocycles. The Kier molecular flexibility index (Phi) is 3.34. The Morgan fingerprint density at radius 2 is 2.11 bits per heavy atom. The number of fused-ring (bicyclic) bond motifs is 2. The fourth-order valence-electron chi connectivity index (χ4n) is 3.28. The number of piperidine rings is 1. The van der Waals surface area contributed by atoms with E-state index in [1.807, 2.05) is 7.05 Å². The SMILES string of the molecule is CN(c1nccc(C#N)c1Cl)C1CC2CCC(C1)N2. The van der Waals surface area contributed by atoms with Crippen LogP contribution in [0.5, 0.6) is 0 Å². The first-order valence-electron chi connectivity index (χ1n) is 6.72. The van der Waals surface area contributed by atoms with E-state index >= 15 is 0 Å². The molecule has 100 valence electrons. The van der Waals surface area contributed by atoms with E-state index in [-0.39, 0.29) is 0 Å². The molecule has 0 aliphatic carbocycles. The summed E-state index contributed by atoms with van der Waals surface area (Å²) in [5.41, 5.74) is 0.496. The van der Waals surface area contributed by atoms with E-state index < -0.39 is 0 Å². The predicted octanol–water partition coefficient (Wildman–Crippen LogP) is 2.33. The Morgan fingerprint density at radius 3 is 2.74 bits per heavy atom. The first-order chi connectivity index (χ1) is 9.19. The van der Waals surface area contributed by atoms with E-state index in [0.717, 1.165) is 18.7 Å². The Balaban J connectivity index is 1.84. The van der Waals surface area contributed by atoms with Crippen LogP contribution in [0.2, 0.25) is 5.02 Å². The minimum atomic E-state index is 0.456. The maximum absolute atomic E-state index is 9.04. The maximum atomic E-state index is 9.04. The van der Waals surface area contributed by atoms with Crippen LogP contribution < -0.4 is 10.2 Å². The zero-order valence-electron chi connectivity index (χ0n) is 10.9. The summed E-state index contributed by atoms with van der Waals surface area (Å²) in [4.78, 5) is 6.50. The molecule has 4 nitrogen and oxygen atoms in total. The van der Waals surface area contributed by atoms with Gasteiger partial charge >= 0.3 is 0 Å². The second-order valence-electron chi connectivity index (χ2n) is 5.48. The molecule has 0 radical (unpaired) electrons. The Labute approximate surface area is 118 Å². The fourth-order valence-corrected chi connectivity index (χ4v) is 3.57. The maximum Gasteiger partial charge on any atom is 0.148 e. The lowest BCUT2D eigenvalue weighted by atomic mass is 9.98. The lowest BCUT2D eigenvalue weighted by Crippen LogP contribution is -2.47. The van der Waals surface area contributed by atoms with Gasteiger partial charge in [0.2, 0.25) is 0 Å². The van der Waals surface area contributed by atoms with Gasteiger partial charge in [0.05, 0.1) is 5.56 Å². The van der Waals surface area contributed by atoms with Gasteiger partial charge in [-0.15, -0.1) is 0 Å². The lowest BCUT2D eigenvalue weighted by molar-refractivity contribution is 0.354. The zero-order chi connectivity index (χ0) is 13.4. The standard InChI is InChI=1S/C14H17ClN4/c1-19(12-6-10-2-3-11(7-12)18-10)14-13(15)9(8-16)4-5-17-14/h4-5,10-12,18H,2-3,6-7H2,1H3. The summed E-state index contributed by atoms with van der Waals surface area (Å²) in [7, 11) is 2.03. The summed E-state index contributed by atoms with van der Waals surface area (Å²) in [5.74, 6) is 0.729. The summed E-state index contributed by atoms with van der Waals surface area (Å²) in [6, 6.07) is 5.48. The minimum Gasteiger partial charge on any atom is -0.355 e. The monoisotopic (exact) mass is 276 g/mol. The van der Waals surface area contributed by atoms with E-state index in [0.29, 0.717) is 28.7 Å². The second kappa shape index (κ2) is 4.99. The fraction of sp³-hybridized carbons (Fsp3) is 0.571. The summed E-state index contributed by atoms with van der Waals surface area (Å²) >= 11 is 6.27. The molecule has 2 aliphatic heterocycles. The van der Waals surface area contributed by atoms with Crippen molar-refractivity contribution in [3.8, 4) is 6.07 Å². The van der Waals surface area contributed by atoms with Gasteiger partial charge in [-0.05, 0) is 31.7 Å². The van der Waals surface area contributed by atoms with Gasteiger partial charge in [-0.2, -0.15) is 5.26 Å². The van der Waals surface area contributed by atoms with Gasteiger partial charge in [-0.3, -0.25) is 0 Å². The quantitative estimate of drug-likeness (QED) is 0.901. The molecule has 19 heavy (non-hydrogen) atoms. The molecule has 0 saturated carbocycles. The Morgan fingerprint density at radius 1 is 1.42 bits per heavy atom. The van der Waals surface area contributed by atoms with Crippen LogP contribution in [0.15, 0.2) is 12.3 Å². The number of rotatable bonds is 2. The molecule has 2 bridgehead atoms. The first kappa shape index (κ1) is 12.7. The highest BCUT2D eigenvalue weighted by Gasteiger charge is 2.35. The Bertz CT molecular complexity index is 513. The molecule has 3 heterocycles. The number of pyridine rings is 1. The second-order valence-corrected chi connectivity index (χ2v) is 5.86. The van der Waals surface area contributed by atoms with Gasteiger partial charge in [-0.1, -0.05) is 11.6 Å². The average Bonchev–Trinajstić information content (AvgIpc) is 2.77. The van der Waals surface area contributed by atoms with Crippen LogP contribution in [0.25, 0.3) is 0 Å². The van der Waals surface area contributed by atoms with Crippen molar-refractivity contribution in [3.63, 3.8) is 0 Å². The van der Waals surface area contributed by atoms with Crippen molar-refractivity contribution in [1.82, 2.24) is 10.3 Å². The predicted molar refractivity (Wildman–Crippen MR) is 75.3 cm³/mol. The minimum absolute atomic E-state index is 0.456. The van der Waals surface area contributed by atoms with Crippen LogP contribution in [-0.4, -0.2) is 30.2 Å². The van der Waals surface area contributed by atoms with Crippen LogP contribution in [0.4, 0.5) is 5.82 Å². The lowest BCUT2D eigenvalue weighted by Gasteiger charge is -2.36. The van der Waals surface area contributed by atoms with E-state index in [9.17, 15) is 0 Å². The molecule has 2 saturated heterocycles. The average molecular weight is 277 g/mol. The topological polar surface area (TPSA) is 52.0 Å². The van der Waals surface area contributed by atoms with Gasteiger partial charge in [0.15, 0.2) is 0 Å². The third kappa shape index (κ3) is 2.29. The first-order valence-corrected chi connectivity index (χ1v) is 7.10. The van der Waals surface area contributed by atoms with Crippen molar-refractivity contribution >= 4 is 17.4 Å². The molecule has 0 spiro atoms. The molecule has 5 heteroatoms. The van der Waals surface area contributed by atoms with Gasteiger partial charge in [0, 0.05) is 31.4 Å². The van der Waals surface area contributed by atoms with Gasteiger partial charge < -0.3 is 10.2 Å². The Hall–Kier alpha value is -1.31. The highest BCUT2D eigenvalue weighted by atomic mass is 35.5. The van der Waals surface area contributed by atoms with Crippen LogP contribution in [-0.2, 0) is 0 Å².